The molecule has 0 bridgehead atoms. The van der Waals surface area contributed by atoms with Gasteiger partial charge in [0.1, 0.15) is 11.6 Å². The lowest BCUT2D eigenvalue weighted by Gasteiger charge is -2.10. The zero-order valence-electron chi connectivity index (χ0n) is 12.1. The first-order chi connectivity index (χ1) is 11.3. The molecule has 0 fully saturated rings. The number of rotatable bonds is 3. The summed E-state index contributed by atoms with van der Waals surface area (Å²) in [6.45, 7) is 0. The van der Waals surface area contributed by atoms with Gasteiger partial charge in [0.2, 0.25) is 0 Å². The third kappa shape index (κ3) is 4.15. The molecule has 0 radical (unpaired) electrons. The summed E-state index contributed by atoms with van der Waals surface area (Å²) in [7, 11) is 0. The Hall–Kier alpha value is -2.78. The first-order valence-electron chi connectivity index (χ1n) is 6.67. The van der Waals surface area contributed by atoms with E-state index in [1.807, 2.05) is 0 Å². The second kappa shape index (κ2) is 7.20. The summed E-state index contributed by atoms with van der Waals surface area (Å²) in [6, 6.07) is 12.6. The van der Waals surface area contributed by atoms with E-state index in [0.717, 1.165) is 12.1 Å². The van der Waals surface area contributed by atoms with Crippen LogP contribution in [-0.2, 0) is 11.0 Å². The van der Waals surface area contributed by atoms with E-state index in [-0.39, 0.29) is 16.3 Å². The Morgan fingerprint density at radius 1 is 1.12 bits per heavy atom. The molecule has 0 aliphatic rings. The molecule has 0 aliphatic carbocycles. The second-order valence-corrected chi connectivity index (χ2v) is 5.10. The van der Waals surface area contributed by atoms with Gasteiger partial charge >= 0.3 is 6.18 Å². The number of anilines is 1. The molecule has 0 heterocycles. The molecule has 3 nitrogen and oxygen atoms in total. The van der Waals surface area contributed by atoms with E-state index in [1.165, 1.54) is 30.3 Å². The summed E-state index contributed by atoms with van der Waals surface area (Å²) in [5, 5.41) is 11.8. The molecule has 0 spiro atoms. The van der Waals surface area contributed by atoms with Crippen LogP contribution in [0.3, 0.4) is 0 Å². The maximum absolute atomic E-state index is 13.0. The Kier molecular flexibility index (Phi) is 5.27. The predicted molar refractivity (Wildman–Crippen MR) is 85.1 cm³/mol. The Morgan fingerprint density at radius 3 is 2.38 bits per heavy atom. The number of hydrogen-bond donors (Lipinski definition) is 1. The molecule has 2 aromatic carbocycles. The van der Waals surface area contributed by atoms with Crippen LogP contribution in [-0.4, -0.2) is 5.91 Å². The van der Waals surface area contributed by atoms with Gasteiger partial charge in [-0.15, -0.1) is 0 Å². The number of hydrogen-bond acceptors (Lipinski definition) is 2. The van der Waals surface area contributed by atoms with Crippen LogP contribution in [0.25, 0.3) is 6.08 Å². The molecule has 0 aromatic heterocycles. The number of halogens is 4. The van der Waals surface area contributed by atoms with E-state index in [0.29, 0.717) is 0 Å². The highest BCUT2D eigenvalue weighted by atomic mass is 35.5. The first-order valence-corrected chi connectivity index (χ1v) is 7.04. The van der Waals surface area contributed by atoms with Gasteiger partial charge in [-0.3, -0.25) is 4.79 Å². The van der Waals surface area contributed by atoms with E-state index in [2.05, 4.69) is 5.32 Å². The second-order valence-electron chi connectivity index (χ2n) is 4.69. The van der Waals surface area contributed by atoms with Crippen molar-refractivity contribution in [2.45, 2.75) is 6.18 Å². The average molecular weight is 351 g/mol. The number of para-hydroxylation sites is 1. The molecule has 1 amide bonds. The molecule has 0 aliphatic heterocycles. The van der Waals surface area contributed by atoms with Crippen LogP contribution >= 0.6 is 11.6 Å². The van der Waals surface area contributed by atoms with Crippen molar-refractivity contribution in [1.29, 1.82) is 5.26 Å². The molecule has 2 aromatic rings. The third-order valence-corrected chi connectivity index (χ3v) is 3.38. The highest BCUT2D eigenvalue weighted by Crippen LogP contribution is 2.33. The molecule has 1 N–H and O–H groups in total. The molecule has 0 saturated heterocycles. The minimum absolute atomic E-state index is 0.249. The maximum atomic E-state index is 13.0. The van der Waals surface area contributed by atoms with Crippen LogP contribution in [0, 0.1) is 11.3 Å². The zero-order valence-corrected chi connectivity index (χ0v) is 12.8. The van der Waals surface area contributed by atoms with E-state index < -0.39 is 23.2 Å². The zero-order chi connectivity index (χ0) is 17.7. The third-order valence-electron chi connectivity index (χ3n) is 3.05. The number of benzene rings is 2. The summed E-state index contributed by atoms with van der Waals surface area (Å²) in [4.78, 5) is 12.1. The number of nitrogens with zero attached hydrogens (tertiary/aromatic N) is 1. The van der Waals surface area contributed by atoms with Crippen molar-refractivity contribution in [3.05, 3.63) is 70.3 Å². The molecule has 7 heteroatoms. The van der Waals surface area contributed by atoms with Gasteiger partial charge in [-0.05, 0) is 29.8 Å². The monoisotopic (exact) mass is 350 g/mol. The molecule has 2 rings (SSSR count). The van der Waals surface area contributed by atoms with Gasteiger partial charge in [-0.2, -0.15) is 18.4 Å². The van der Waals surface area contributed by atoms with Crippen molar-refractivity contribution in [2.75, 3.05) is 5.32 Å². The van der Waals surface area contributed by atoms with Gasteiger partial charge in [0.25, 0.3) is 5.91 Å². The van der Waals surface area contributed by atoms with E-state index in [4.69, 9.17) is 16.9 Å². The number of nitrogens with one attached hydrogen (secondary N) is 1. The van der Waals surface area contributed by atoms with E-state index in [1.54, 1.807) is 18.2 Å². The van der Waals surface area contributed by atoms with Crippen molar-refractivity contribution >= 4 is 29.3 Å². The fourth-order valence-electron chi connectivity index (χ4n) is 1.94. The van der Waals surface area contributed by atoms with E-state index in [9.17, 15) is 18.0 Å². The molecule has 24 heavy (non-hydrogen) atoms. The number of nitriles is 1. The van der Waals surface area contributed by atoms with Crippen molar-refractivity contribution in [1.82, 2.24) is 0 Å². The molecular formula is C17H10ClF3N2O. The smallest absolute Gasteiger partial charge is 0.320 e. The first kappa shape index (κ1) is 17.6. The minimum Gasteiger partial charge on any atom is -0.320 e. The van der Waals surface area contributed by atoms with Crippen molar-refractivity contribution < 1.29 is 18.0 Å². The minimum atomic E-state index is -4.59. The molecule has 0 atom stereocenters. The lowest BCUT2D eigenvalue weighted by atomic mass is 10.0. The van der Waals surface area contributed by atoms with Crippen molar-refractivity contribution in [2.24, 2.45) is 0 Å². The van der Waals surface area contributed by atoms with Gasteiger partial charge in [0.15, 0.2) is 0 Å². The number of carbonyl (C=O) groups excluding carboxylic acids is 1. The molecular weight excluding hydrogens is 341 g/mol. The lowest BCUT2D eigenvalue weighted by Crippen LogP contribution is -2.14. The van der Waals surface area contributed by atoms with Crippen LogP contribution in [0.2, 0.25) is 5.02 Å². The van der Waals surface area contributed by atoms with Crippen molar-refractivity contribution in [3.63, 3.8) is 0 Å². The van der Waals surface area contributed by atoms with Crippen LogP contribution in [0.1, 0.15) is 11.1 Å². The summed E-state index contributed by atoms with van der Waals surface area (Å²) in [6.07, 6.45) is -3.69. The highest BCUT2D eigenvalue weighted by Gasteiger charge is 2.32. The Bertz CT molecular complexity index is 838. The number of amides is 1. The Morgan fingerprint density at radius 2 is 1.75 bits per heavy atom. The Labute approximate surface area is 141 Å². The van der Waals surface area contributed by atoms with Gasteiger partial charge in [0.05, 0.1) is 16.3 Å². The highest BCUT2D eigenvalue weighted by molar-refractivity contribution is 6.34. The summed E-state index contributed by atoms with van der Waals surface area (Å²) < 4.78 is 38.9. The SMILES string of the molecule is N#C/C(=C/c1ccccc1C(F)(F)F)C(=O)Nc1ccccc1Cl. The van der Waals surface area contributed by atoms with Crippen molar-refractivity contribution in [3.8, 4) is 6.07 Å². The summed E-state index contributed by atoms with van der Waals surface area (Å²) in [5.41, 5.74) is -1.40. The van der Waals surface area contributed by atoms with Gasteiger partial charge in [-0.25, -0.2) is 0 Å². The average Bonchev–Trinajstić information content (AvgIpc) is 2.54. The number of alkyl halides is 3. The molecule has 0 saturated carbocycles. The van der Waals surface area contributed by atoms with Crippen LogP contribution < -0.4 is 5.32 Å². The van der Waals surface area contributed by atoms with Gasteiger partial charge in [-0.1, -0.05) is 41.9 Å². The van der Waals surface area contributed by atoms with Crippen LogP contribution in [0.15, 0.2) is 54.1 Å². The fourth-order valence-corrected chi connectivity index (χ4v) is 2.12. The van der Waals surface area contributed by atoms with Gasteiger partial charge in [0, 0.05) is 0 Å². The normalized spacial score (nSPS) is 11.7. The lowest BCUT2D eigenvalue weighted by molar-refractivity contribution is -0.137. The maximum Gasteiger partial charge on any atom is 0.416 e. The Balaban J connectivity index is 2.36. The quantitative estimate of drug-likeness (QED) is 0.632. The topological polar surface area (TPSA) is 52.9 Å². The summed E-state index contributed by atoms with van der Waals surface area (Å²) >= 11 is 5.90. The van der Waals surface area contributed by atoms with Crippen LogP contribution in [0.5, 0.6) is 0 Å². The predicted octanol–water partition coefficient (Wildman–Crippen LogP) is 4.90. The van der Waals surface area contributed by atoms with Gasteiger partial charge < -0.3 is 5.32 Å². The fraction of sp³-hybridized carbons (Fsp3) is 0.0588. The molecule has 0 unspecified atom stereocenters. The van der Waals surface area contributed by atoms with E-state index >= 15 is 0 Å². The molecule has 122 valence electrons. The van der Waals surface area contributed by atoms with Crippen LogP contribution in [0.4, 0.5) is 18.9 Å². The summed E-state index contributed by atoms with van der Waals surface area (Å²) in [5.74, 6) is -0.845. The standard InChI is InChI=1S/C17H10ClF3N2O/c18-14-7-3-4-8-15(14)23-16(24)12(10-22)9-11-5-1-2-6-13(11)17(19,20)21/h1-9H,(H,23,24)/b12-9-. The number of carbonyl (C=O) groups is 1. The largest absolute Gasteiger partial charge is 0.416 e.